The van der Waals surface area contributed by atoms with Crippen LogP contribution in [0.3, 0.4) is 0 Å². The van der Waals surface area contributed by atoms with Crippen LogP contribution in [0.5, 0.6) is 0 Å². The molecule has 4 heteroatoms. The first-order chi connectivity index (χ1) is 7.25. The van der Waals surface area contributed by atoms with E-state index in [-0.39, 0.29) is 0 Å². The summed E-state index contributed by atoms with van der Waals surface area (Å²) in [4.78, 5) is 11.0. The van der Waals surface area contributed by atoms with Crippen LogP contribution in [0.1, 0.15) is 31.4 Å². The van der Waals surface area contributed by atoms with Crippen LogP contribution in [0.4, 0.5) is 5.82 Å². The van der Waals surface area contributed by atoms with Crippen LogP contribution in [-0.2, 0) is 0 Å². The molecule has 1 fully saturated rings. The van der Waals surface area contributed by atoms with Crippen molar-refractivity contribution in [3.8, 4) is 0 Å². The fraction of sp³-hybridized carbons (Fsp3) is 0.636. The van der Waals surface area contributed by atoms with E-state index in [1.807, 2.05) is 6.92 Å². The molecule has 1 saturated heterocycles. The van der Waals surface area contributed by atoms with Gasteiger partial charge in [0, 0.05) is 24.8 Å². The third-order valence-electron chi connectivity index (χ3n) is 2.74. The second-order valence-corrected chi connectivity index (χ2v) is 4.75. The minimum Gasteiger partial charge on any atom is -0.356 e. The minimum atomic E-state index is 0.696. The highest BCUT2D eigenvalue weighted by Gasteiger charge is 2.12. The highest BCUT2D eigenvalue weighted by molar-refractivity contribution is 9.10. The zero-order valence-electron chi connectivity index (χ0n) is 9.04. The maximum Gasteiger partial charge on any atom is 0.198 e. The molecule has 0 atom stereocenters. The van der Waals surface area contributed by atoms with Gasteiger partial charge in [-0.1, -0.05) is 12.8 Å². The Morgan fingerprint density at radius 3 is 2.40 bits per heavy atom. The lowest BCUT2D eigenvalue weighted by Crippen LogP contribution is -2.25. The van der Waals surface area contributed by atoms with E-state index < -0.39 is 0 Å². The summed E-state index contributed by atoms with van der Waals surface area (Å²) in [6.07, 6.45) is 5.25. The van der Waals surface area contributed by atoms with Crippen LogP contribution in [0, 0.1) is 6.92 Å². The number of anilines is 1. The molecular formula is C11H16BrN3. The molecule has 3 nitrogen and oxygen atoms in total. The molecular weight excluding hydrogens is 254 g/mol. The summed E-state index contributed by atoms with van der Waals surface area (Å²) in [5.74, 6) is 1.07. The number of aromatic nitrogens is 2. The van der Waals surface area contributed by atoms with Crippen LogP contribution >= 0.6 is 15.9 Å². The number of halogens is 1. The molecule has 0 aromatic carbocycles. The third-order valence-corrected chi connectivity index (χ3v) is 3.10. The van der Waals surface area contributed by atoms with Crippen LogP contribution in [0.2, 0.25) is 0 Å². The minimum absolute atomic E-state index is 0.696. The molecule has 0 saturated carbocycles. The van der Waals surface area contributed by atoms with E-state index in [4.69, 9.17) is 0 Å². The van der Waals surface area contributed by atoms with Gasteiger partial charge >= 0.3 is 0 Å². The van der Waals surface area contributed by atoms with Crippen LogP contribution in [-0.4, -0.2) is 23.1 Å². The zero-order chi connectivity index (χ0) is 10.7. The predicted molar refractivity (Wildman–Crippen MR) is 65.2 cm³/mol. The Bertz CT molecular complexity index is 312. The van der Waals surface area contributed by atoms with E-state index in [1.165, 1.54) is 25.7 Å². The molecule has 0 bridgehead atoms. The van der Waals surface area contributed by atoms with E-state index in [0.29, 0.717) is 4.73 Å². The fourth-order valence-corrected chi connectivity index (χ4v) is 2.44. The molecule has 0 aliphatic carbocycles. The lowest BCUT2D eigenvalue weighted by atomic mass is 10.2. The maximum atomic E-state index is 4.43. The molecule has 1 aromatic heterocycles. The molecule has 0 N–H and O–H groups in total. The first-order valence-corrected chi connectivity index (χ1v) is 6.31. The van der Waals surface area contributed by atoms with Gasteiger partial charge in [0.1, 0.15) is 5.82 Å². The van der Waals surface area contributed by atoms with Crippen molar-refractivity contribution >= 4 is 21.7 Å². The molecule has 0 spiro atoms. The SMILES string of the molecule is Cc1cc(N2CCCCCC2)nc(Br)n1. The van der Waals surface area contributed by atoms with Crippen molar-refractivity contribution in [2.75, 3.05) is 18.0 Å². The molecule has 15 heavy (non-hydrogen) atoms. The predicted octanol–water partition coefficient (Wildman–Crippen LogP) is 2.93. The van der Waals surface area contributed by atoms with Gasteiger partial charge in [-0.15, -0.1) is 0 Å². The summed E-state index contributed by atoms with van der Waals surface area (Å²) < 4.78 is 0.696. The summed E-state index contributed by atoms with van der Waals surface area (Å²) in [6, 6.07) is 2.07. The van der Waals surface area contributed by atoms with E-state index in [0.717, 1.165) is 24.6 Å². The summed E-state index contributed by atoms with van der Waals surface area (Å²) >= 11 is 3.35. The Balaban J connectivity index is 2.19. The van der Waals surface area contributed by atoms with Gasteiger partial charge in [-0.05, 0) is 35.7 Å². The van der Waals surface area contributed by atoms with Crippen molar-refractivity contribution in [2.45, 2.75) is 32.6 Å². The first kappa shape index (κ1) is 10.9. The molecule has 0 amide bonds. The summed E-state index contributed by atoms with van der Waals surface area (Å²) in [5, 5.41) is 0. The van der Waals surface area contributed by atoms with Gasteiger partial charge in [0.25, 0.3) is 0 Å². The van der Waals surface area contributed by atoms with E-state index in [9.17, 15) is 0 Å². The quantitative estimate of drug-likeness (QED) is 0.735. The first-order valence-electron chi connectivity index (χ1n) is 5.52. The zero-order valence-corrected chi connectivity index (χ0v) is 10.6. The molecule has 1 aromatic rings. The monoisotopic (exact) mass is 269 g/mol. The molecule has 0 radical (unpaired) electrons. The summed E-state index contributed by atoms with van der Waals surface area (Å²) in [5.41, 5.74) is 1.02. The van der Waals surface area contributed by atoms with Gasteiger partial charge in [-0.2, -0.15) is 0 Å². The number of hydrogen-bond donors (Lipinski definition) is 0. The molecule has 82 valence electrons. The molecule has 0 unspecified atom stereocenters. The lowest BCUT2D eigenvalue weighted by Gasteiger charge is -2.21. The lowest BCUT2D eigenvalue weighted by molar-refractivity contribution is 0.726. The van der Waals surface area contributed by atoms with Gasteiger partial charge < -0.3 is 4.90 Å². The summed E-state index contributed by atoms with van der Waals surface area (Å²) in [6.45, 7) is 4.26. The van der Waals surface area contributed by atoms with Crippen LogP contribution in [0.15, 0.2) is 10.8 Å². The number of rotatable bonds is 1. The topological polar surface area (TPSA) is 29.0 Å². The van der Waals surface area contributed by atoms with Crippen molar-refractivity contribution < 1.29 is 0 Å². The standard InChI is InChI=1S/C11H16BrN3/c1-9-8-10(14-11(12)13-9)15-6-4-2-3-5-7-15/h8H,2-7H2,1H3. The molecule has 1 aliphatic rings. The maximum absolute atomic E-state index is 4.43. The van der Waals surface area contributed by atoms with Crippen molar-refractivity contribution in [1.29, 1.82) is 0 Å². The fourth-order valence-electron chi connectivity index (χ4n) is 1.98. The smallest absolute Gasteiger partial charge is 0.198 e. The number of hydrogen-bond acceptors (Lipinski definition) is 3. The Morgan fingerprint density at radius 1 is 1.13 bits per heavy atom. The largest absolute Gasteiger partial charge is 0.356 e. The second kappa shape index (κ2) is 4.92. The van der Waals surface area contributed by atoms with Crippen molar-refractivity contribution in [3.63, 3.8) is 0 Å². The molecule has 2 rings (SSSR count). The van der Waals surface area contributed by atoms with Gasteiger partial charge in [-0.25, -0.2) is 9.97 Å². The van der Waals surface area contributed by atoms with Gasteiger partial charge in [0.15, 0.2) is 4.73 Å². The average Bonchev–Trinajstić information content (AvgIpc) is 2.43. The van der Waals surface area contributed by atoms with Gasteiger partial charge in [0.2, 0.25) is 0 Å². The average molecular weight is 270 g/mol. The third kappa shape index (κ3) is 2.91. The van der Waals surface area contributed by atoms with E-state index in [1.54, 1.807) is 0 Å². The van der Waals surface area contributed by atoms with Crippen molar-refractivity contribution in [1.82, 2.24) is 9.97 Å². The van der Waals surface area contributed by atoms with Crippen molar-refractivity contribution in [2.24, 2.45) is 0 Å². The van der Waals surface area contributed by atoms with Crippen LogP contribution in [0.25, 0.3) is 0 Å². The number of aryl methyl sites for hydroxylation is 1. The Morgan fingerprint density at radius 2 is 1.80 bits per heavy atom. The van der Waals surface area contributed by atoms with E-state index >= 15 is 0 Å². The highest BCUT2D eigenvalue weighted by Crippen LogP contribution is 2.19. The Labute approximate surface area is 99.0 Å². The normalized spacial score (nSPS) is 17.6. The van der Waals surface area contributed by atoms with E-state index in [2.05, 4.69) is 36.9 Å². The second-order valence-electron chi connectivity index (χ2n) is 4.04. The Kier molecular flexibility index (Phi) is 3.57. The summed E-state index contributed by atoms with van der Waals surface area (Å²) in [7, 11) is 0. The van der Waals surface area contributed by atoms with Gasteiger partial charge in [-0.3, -0.25) is 0 Å². The molecule has 1 aliphatic heterocycles. The van der Waals surface area contributed by atoms with Crippen molar-refractivity contribution in [3.05, 3.63) is 16.5 Å². The highest BCUT2D eigenvalue weighted by atomic mass is 79.9. The molecule has 2 heterocycles. The van der Waals surface area contributed by atoms with Crippen LogP contribution < -0.4 is 4.90 Å². The van der Waals surface area contributed by atoms with Gasteiger partial charge in [0.05, 0.1) is 0 Å². The Hall–Kier alpha value is -0.640. The number of nitrogens with zero attached hydrogens (tertiary/aromatic N) is 3.